The molecule has 0 N–H and O–H groups in total. The fourth-order valence-corrected chi connectivity index (χ4v) is 4.98. The Morgan fingerprint density at radius 3 is 2.81 bits per heavy atom. The fourth-order valence-electron chi connectivity index (χ4n) is 3.17. The molecule has 1 fully saturated rings. The Morgan fingerprint density at radius 1 is 1.23 bits per heavy atom. The van der Waals surface area contributed by atoms with Gasteiger partial charge in [-0.2, -0.15) is 9.29 Å². The number of hydrogen-bond donors (Lipinski definition) is 0. The highest BCUT2D eigenvalue weighted by Crippen LogP contribution is 2.36. The lowest BCUT2D eigenvalue weighted by atomic mass is 10.1. The van der Waals surface area contributed by atoms with Crippen molar-refractivity contribution < 1.29 is 22.4 Å². The highest BCUT2D eigenvalue weighted by atomic mass is 32.2. The van der Waals surface area contributed by atoms with Gasteiger partial charge in [-0.05, 0) is 25.0 Å². The molecular formula is C17H23N3O5S. The molecule has 1 saturated heterocycles. The van der Waals surface area contributed by atoms with E-state index in [1.807, 2.05) is 0 Å². The van der Waals surface area contributed by atoms with Crippen LogP contribution in [-0.2, 0) is 21.4 Å². The molecule has 3 rings (SSSR count). The molecule has 1 aliphatic rings. The predicted octanol–water partition coefficient (Wildman–Crippen LogP) is 2.53. The average Bonchev–Trinajstić information content (AvgIpc) is 2.96. The molecule has 2 aromatic rings. The SMILES string of the molecule is COCc1nc([C@@H]2CCCCCN2S(=O)(=O)c2ccccc2OC)no1. The number of para-hydroxylation sites is 1. The molecule has 1 aliphatic heterocycles. The summed E-state index contributed by atoms with van der Waals surface area (Å²) in [5.74, 6) is 1.03. The summed E-state index contributed by atoms with van der Waals surface area (Å²) in [7, 11) is -0.775. The minimum absolute atomic E-state index is 0.148. The standard InChI is InChI=1S/C17H23N3O5S/c1-23-12-16-18-17(19-25-16)13-8-4-3-7-11-20(13)26(21,22)15-10-6-5-9-14(15)24-2/h5-6,9-10,13H,3-4,7-8,11-12H2,1-2H3/t13-/m0/s1. The molecule has 0 radical (unpaired) electrons. The van der Waals surface area contributed by atoms with E-state index in [-0.39, 0.29) is 11.5 Å². The van der Waals surface area contributed by atoms with Crippen molar-refractivity contribution in [1.82, 2.24) is 14.4 Å². The Kier molecular flexibility index (Phi) is 5.90. The van der Waals surface area contributed by atoms with Crippen LogP contribution in [0.1, 0.15) is 43.4 Å². The van der Waals surface area contributed by atoms with Gasteiger partial charge in [0.05, 0.1) is 13.2 Å². The number of nitrogens with zero attached hydrogens (tertiary/aromatic N) is 3. The van der Waals surface area contributed by atoms with Gasteiger partial charge in [0.25, 0.3) is 5.89 Å². The van der Waals surface area contributed by atoms with Crippen molar-refractivity contribution in [1.29, 1.82) is 0 Å². The topological polar surface area (TPSA) is 94.8 Å². The van der Waals surface area contributed by atoms with E-state index in [0.717, 1.165) is 19.3 Å². The van der Waals surface area contributed by atoms with E-state index >= 15 is 0 Å². The van der Waals surface area contributed by atoms with E-state index < -0.39 is 16.1 Å². The first kappa shape index (κ1) is 18.8. The zero-order chi connectivity index (χ0) is 18.6. The summed E-state index contributed by atoms with van der Waals surface area (Å²) < 4.78 is 43.7. The Bertz CT molecular complexity index is 836. The number of ether oxygens (including phenoxy) is 2. The Labute approximate surface area is 153 Å². The summed E-state index contributed by atoms with van der Waals surface area (Å²) in [6.45, 7) is 0.595. The van der Waals surface area contributed by atoms with Crippen LogP contribution >= 0.6 is 0 Å². The maximum absolute atomic E-state index is 13.4. The highest BCUT2D eigenvalue weighted by Gasteiger charge is 2.37. The Balaban J connectivity index is 2.00. The van der Waals surface area contributed by atoms with Crippen molar-refractivity contribution >= 4 is 10.0 Å². The van der Waals surface area contributed by atoms with Crippen LogP contribution in [-0.4, -0.2) is 43.6 Å². The van der Waals surface area contributed by atoms with Crippen molar-refractivity contribution in [2.24, 2.45) is 0 Å². The molecule has 1 aromatic carbocycles. The van der Waals surface area contributed by atoms with Gasteiger partial charge >= 0.3 is 0 Å². The molecule has 1 atom stereocenters. The first-order valence-electron chi connectivity index (χ1n) is 8.54. The maximum Gasteiger partial charge on any atom is 0.252 e. The number of aromatic nitrogens is 2. The number of sulfonamides is 1. The molecular weight excluding hydrogens is 358 g/mol. The van der Waals surface area contributed by atoms with E-state index in [9.17, 15) is 8.42 Å². The summed E-state index contributed by atoms with van der Waals surface area (Å²) in [5.41, 5.74) is 0. The average molecular weight is 381 g/mol. The van der Waals surface area contributed by atoms with Crippen LogP contribution < -0.4 is 4.74 Å². The fraction of sp³-hybridized carbons (Fsp3) is 0.529. The van der Waals surface area contributed by atoms with Crippen LogP contribution in [0.2, 0.25) is 0 Å². The van der Waals surface area contributed by atoms with E-state index in [2.05, 4.69) is 10.1 Å². The van der Waals surface area contributed by atoms with Gasteiger partial charge in [-0.3, -0.25) is 0 Å². The minimum atomic E-state index is -3.77. The summed E-state index contributed by atoms with van der Waals surface area (Å²) in [6.07, 6.45) is 3.28. The van der Waals surface area contributed by atoms with Crippen LogP contribution in [0, 0.1) is 0 Å². The second kappa shape index (κ2) is 8.15. The van der Waals surface area contributed by atoms with Crippen LogP contribution in [0.25, 0.3) is 0 Å². The molecule has 0 bridgehead atoms. The van der Waals surface area contributed by atoms with Gasteiger partial charge in [0, 0.05) is 13.7 Å². The van der Waals surface area contributed by atoms with Crippen LogP contribution in [0.3, 0.4) is 0 Å². The van der Waals surface area contributed by atoms with Gasteiger partial charge in [-0.25, -0.2) is 8.42 Å². The van der Waals surface area contributed by atoms with Crippen molar-refractivity contribution in [3.63, 3.8) is 0 Å². The molecule has 2 heterocycles. The number of rotatable bonds is 6. The van der Waals surface area contributed by atoms with Gasteiger partial charge in [-0.15, -0.1) is 0 Å². The Hall–Kier alpha value is -1.97. The highest BCUT2D eigenvalue weighted by molar-refractivity contribution is 7.89. The van der Waals surface area contributed by atoms with Gasteiger partial charge in [0.1, 0.15) is 17.3 Å². The quantitative estimate of drug-likeness (QED) is 0.759. The maximum atomic E-state index is 13.4. The summed E-state index contributed by atoms with van der Waals surface area (Å²) in [5, 5.41) is 4.00. The lowest BCUT2D eigenvalue weighted by Gasteiger charge is -2.27. The van der Waals surface area contributed by atoms with Crippen molar-refractivity contribution in [2.75, 3.05) is 20.8 Å². The van der Waals surface area contributed by atoms with Crippen molar-refractivity contribution in [2.45, 2.75) is 43.2 Å². The van der Waals surface area contributed by atoms with Gasteiger partial charge in [-0.1, -0.05) is 30.1 Å². The molecule has 0 amide bonds. The van der Waals surface area contributed by atoms with E-state index in [0.29, 0.717) is 30.4 Å². The second-order valence-electron chi connectivity index (χ2n) is 6.11. The third kappa shape index (κ3) is 3.74. The van der Waals surface area contributed by atoms with Gasteiger partial charge < -0.3 is 14.0 Å². The van der Waals surface area contributed by atoms with Crippen LogP contribution in [0.15, 0.2) is 33.7 Å². The molecule has 9 heteroatoms. The summed E-state index contributed by atoms with van der Waals surface area (Å²) in [4.78, 5) is 4.47. The third-order valence-corrected chi connectivity index (χ3v) is 6.36. The normalized spacial score (nSPS) is 19.2. The van der Waals surface area contributed by atoms with Crippen molar-refractivity contribution in [3.05, 3.63) is 36.0 Å². The predicted molar refractivity (Wildman–Crippen MR) is 93.1 cm³/mol. The number of benzene rings is 1. The van der Waals surface area contributed by atoms with Gasteiger partial charge in [0.15, 0.2) is 5.82 Å². The molecule has 8 nitrogen and oxygen atoms in total. The zero-order valence-electron chi connectivity index (χ0n) is 14.9. The first-order valence-corrected chi connectivity index (χ1v) is 9.98. The lowest BCUT2D eigenvalue weighted by Crippen LogP contribution is -2.35. The van der Waals surface area contributed by atoms with E-state index in [4.69, 9.17) is 14.0 Å². The molecule has 0 saturated carbocycles. The van der Waals surface area contributed by atoms with Crippen molar-refractivity contribution in [3.8, 4) is 5.75 Å². The van der Waals surface area contributed by atoms with E-state index in [1.54, 1.807) is 24.3 Å². The molecule has 0 unspecified atom stereocenters. The minimum Gasteiger partial charge on any atom is -0.495 e. The lowest BCUT2D eigenvalue weighted by molar-refractivity contribution is 0.151. The van der Waals surface area contributed by atoms with Gasteiger partial charge in [0.2, 0.25) is 10.0 Å². The van der Waals surface area contributed by atoms with Crippen LogP contribution in [0.4, 0.5) is 0 Å². The largest absolute Gasteiger partial charge is 0.495 e. The van der Waals surface area contributed by atoms with E-state index in [1.165, 1.54) is 18.5 Å². The monoisotopic (exact) mass is 381 g/mol. The summed E-state index contributed by atoms with van der Waals surface area (Å²) in [6, 6.07) is 6.16. The third-order valence-electron chi connectivity index (χ3n) is 4.41. The molecule has 0 aliphatic carbocycles. The zero-order valence-corrected chi connectivity index (χ0v) is 15.7. The molecule has 0 spiro atoms. The summed E-state index contributed by atoms with van der Waals surface area (Å²) >= 11 is 0. The number of methoxy groups -OCH3 is 2. The smallest absolute Gasteiger partial charge is 0.252 e. The van der Waals surface area contributed by atoms with Crippen LogP contribution in [0.5, 0.6) is 5.75 Å². The molecule has 142 valence electrons. The molecule has 1 aromatic heterocycles. The number of hydrogen-bond acceptors (Lipinski definition) is 7. The Morgan fingerprint density at radius 2 is 2.04 bits per heavy atom. The molecule has 26 heavy (non-hydrogen) atoms. The first-order chi connectivity index (χ1) is 12.6. The second-order valence-corrected chi connectivity index (χ2v) is 7.97.